The quantitative estimate of drug-likeness (QED) is 0.211. The molecule has 0 aliphatic carbocycles. The zero-order valence-electron chi connectivity index (χ0n) is 22.8. The fourth-order valence-electron chi connectivity index (χ4n) is 5.92. The summed E-state index contributed by atoms with van der Waals surface area (Å²) in [4.78, 5) is 7.71. The third-order valence-electron chi connectivity index (χ3n) is 7.77. The second-order valence-electron chi connectivity index (χ2n) is 10.3. The highest BCUT2D eigenvalue weighted by atomic mass is 15.2. The van der Waals surface area contributed by atoms with Gasteiger partial charge in [-0.15, -0.1) is 0 Å². The van der Waals surface area contributed by atoms with Crippen molar-refractivity contribution in [3.8, 4) is 44.5 Å². The second-order valence-corrected chi connectivity index (χ2v) is 10.3. The van der Waals surface area contributed by atoms with Crippen molar-refractivity contribution in [1.29, 1.82) is 0 Å². The molecule has 1 aliphatic heterocycles. The zero-order chi connectivity index (χ0) is 27.4. The maximum absolute atomic E-state index is 5.25. The van der Waals surface area contributed by atoms with Gasteiger partial charge in [0.25, 0.3) is 0 Å². The second kappa shape index (κ2) is 11.1. The van der Waals surface area contributed by atoms with Crippen LogP contribution in [-0.2, 0) is 0 Å². The van der Waals surface area contributed by atoms with Crippen LogP contribution < -0.4 is 4.90 Å². The van der Waals surface area contributed by atoms with E-state index < -0.39 is 0 Å². The molecule has 2 nitrogen and oxygen atoms in total. The van der Waals surface area contributed by atoms with Crippen LogP contribution in [0, 0.1) is 0 Å². The molecule has 0 N–H and O–H groups in total. The van der Waals surface area contributed by atoms with Crippen molar-refractivity contribution in [3.63, 3.8) is 0 Å². The first-order valence-corrected chi connectivity index (χ1v) is 14.2. The topological polar surface area (TPSA) is 15.6 Å². The Morgan fingerprint density at radius 1 is 0.390 bits per heavy atom. The molecular formula is C39H30N2. The monoisotopic (exact) mass is 526 g/mol. The molecule has 196 valence electrons. The van der Waals surface area contributed by atoms with Gasteiger partial charge in [0.15, 0.2) is 0 Å². The Labute approximate surface area is 241 Å². The van der Waals surface area contributed by atoms with Crippen molar-refractivity contribution >= 4 is 11.5 Å². The van der Waals surface area contributed by atoms with Gasteiger partial charge in [-0.25, -0.2) is 0 Å². The van der Waals surface area contributed by atoms with Crippen LogP contribution in [0.15, 0.2) is 163 Å². The summed E-state index contributed by atoms with van der Waals surface area (Å²) in [6.07, 6.45) is 0. The molecule has 0 aromatic heterocycles. The molecule has 6 aromatic carbocycles. The average Bonchev–Trinajstić information content (AvgIpc) is 3.55. The van der Waals surface area contributed by atoms with E-state index in [0.29, 0.717) is 0 Å². The number of rotatable bonds is 6. The van der Waals surface area contributed by atoms with Crippen LogP contribution in [0.25, 0.3) is 44.5 Å². The maximum Gasteiger partial charge on any atom is 0.136 e. The Morgan fingerprint density at radius 3 is 1.17 bits per heavy atom. The summed E-state index contributed by atoms with van der Waals surface area (Å²) in [6.45, 7) is 1.56. The number of benzene rings is 6. The average molecular weight is 527 g/mol. The number of nitrogens with zero attached hydrogens (tertiary/aromatic N) is 2. The van der Waals surface area contributed by atoms with Gasteiger partial charge in [-0.1, -0.05) is 158 Å². The van der Waals surface area contributed by atoms with Crippen LogP contribution in [0.4, 0.5) is 5.69 Å². The molecule has 0 unspecified atom stereocenters. The molecule has 1 heterocycles. The van der Waals surface area contributed by atoms with E-state index in [1.165, 1.54) is 55.8 Å². The lowest BCUT2D eigenvalue weighted by Crippen LogP contribution is -2.30. The lowest BCUT2D eigenvalue weighted by Gasteiger charge is -2.29. The van der Waals surface area contributed by atoms with Crippen molar-refractivity contribution in [2.24, 2.45) is 4.99 Å². The summed E-state index contributed by atoms with van der Waals surface area (Å²) < 4.78 is 0. The minimum absolute atomic E-state index is 0.740. The van der Waals surface area contributed by atoms with E-state index >= 15 is 0 Å². The predicted molar refractivity (Wildman–Crippen MR) is 173 cm³/mol. The molecule has 0 radical (unpaired) electrons. The molecule has 0 spiro atoms. The van der Waals surface area contributed by atoms with Crippen molar-refractivity contribution in [2.45, 2.75) is 0 Å². The molecule has 0 bridgehead atoms. The molecule has 7 rings (SSSR count). The number of hydrogen-bond acceptors (Lipinski definition) is 2. The normalized spacial score (nSPS) is 12.8. The van der Waals surface area contributed by atoms with Gasteiger partial charge in [0.2, 0.25) is 0 Å². The molecule has 1 aliphatic rings. The Kier molecular flexibility index (Phi) is 6.72. The van der Waals surface area contributed by atoms with E-state index in [-0.39, 0.29) is 0 Å². The summed E-state index contributed by atoms with van der Waals surface area (Å²) in [7, 11) is 0. The number of amidine groups is 1. The van der Waals surface area contributed by atoms with Gasteiger partial charge in [-0.05, 0) is 33.4 Å². The Balaban J connectivity index is 1.49. The van der Waals surface area contributed by atoms with Gasteiger partial charge in [0.1, 0.15) is 5.84 Å². The summed E-state index contributed by atoms with van der Waals surface area (Å²) in [5.41, 5.74) is 11.9. The molecule has 0 atom stereocenters. The number of hydrogen-bond donors (Lipinski definition) is 0. The number of para-hydroxylation sites is 1. The van der Waals surface area contributed by atoms with Gasteiger partial charge in [-0.3, -0.25) is 4.99 Å². The number of aliphatic imine (C=N–C) groups is 1. The lowest BCUT2D eigenvalue weighted by molar-refractivity contribution is 1.02. The van der Waals surface area contributed by atoms with Crippen LogP contribution in [0.1, 0.15) is 5.56 Å². The smallest absolute Gasteiger partial charge is 0.136 e. The summed E-state index contributed by atoms with van der Waals surface area (Å²) >= 11 is 0. The fourth-order valence-corrected chi connectivity index (χ4v) is 5.92. The van der Waals surface area contributed by atoms with Crippen LogP contribution >= 0.6 is 0 Å². The van der Waals surface area contributed by atoms with E-state index in [9.17, 15) is 0 Å². The Morgan fingerprint density at radius 2 is 0.756 bits per heavy atom. The molecule has 0 amide bonds. The summed E-state index contributed by atoms with van der Waals surface area (Å²) in [6, 6.07) is 56.1. The lowest BCUT2D eigenvalue weighted by atomic mass is 9.89. The van der Waals surface area contributed by atoms with Crippen LogP contribution in [-0.4, -0.2) is 18.9 Å². The van der Waals surface area contributed by atoms with Crippen LogP contribution in [0.3, 0.4) is 0 Å². The first kappa shape index (κ1) is 24.8. The van der Waals surface area contributed by atoms with Crippen LogP contribution in [0.2, 0.25) is 0 Å². The third-order valence-corrected chi connectivity index (χ3v) is 7.77. The van der Waals surface area contributed by atoms with E-state index in [1.54, 1.807) is 0 Å². The third kappa shape index (κ3) is 4.74. The largest absolute Gasteiger partial charge is 0.323 e. The molecular weight excluding hydrogens is 496 g/mol. The highest BCUT2D eigenvalue weighted by Crippen LogP contribution is 2.43. The first-order valence-electron chi connectivity index (χ1n) is 14.2. The van der Waals surface area contributed by atoms with Gasteiger partial charge in [0, 0.05) is 23.2 Å². The zero-order valence-corrected chi connectivity index (χ0v) is 22.8. The summed E-state index contributed by atoms with van der Waals surface area (Å²) in [5, 5.41) is 0. The van der Waals surface area contributed by atoms with Gasteiger partial charge in [-0.2, -0.15) is 0 Å². The molecule has 0 fully saturated rings. The van der Waals surface area contributed by atoms with Gasteiger partial charge in [0.05, 0.1) is 12.2 Å². The van der Waals surface area contributed by atoms with Crippen molar-refractivity contribution < 1.29 is 0 Å². The van der Waals surface area contributed by atoms with Crippen molar-refractivity contribution in [2.75, 3.05) is 18.0 Å². The van der Waals surface area contributed by atoms with Crippen LogP contribution in [0.5, 0.6) is 0 Å². The molecule has 6 aromatic rings. The van der Waals surface area contributed by atoms with Crippen molar-refractivity contribution in [3.05, 3.63) is 163 Å². The van der Waals surface area contributed by atoms with E-state index in [0.717, 1.165) is 18.9 Å². The molecule has 0 saturated heterocycles. The van der Waals surface area contributed by atoms with E-state index in [1.807, 2.05) is 0 Å². The van der Waals surface area contributed by atoms with E-state index in [4.69, 9.17) is 4.99 Å². The SMILES string of the molecule is c1ccc(-c2cccc(-c3ccccc3)c2C2=NCCN2c2c(-c3ccccc3)cccc2-c2ccccc2)cc1. The fraction of sp³-hybridized carbons (Fsp3) is 0.0513. The van der Waals surface area contributed by atoms with Crippen molar-refractivity contribution in [1.82, 2.24) is 0 Å². The Hall–Kier alpha value is -5.21. The Bertz CT molecular complexity index is 1690. The maximum atomic E-state index is 5.25. The molecule has 2 heteroatoms. The molecule has 41 heavy (non-hydrogen) atoms. The first-order chi connectivity index (χ1) is 20.4. The minimum atomic E-state index is 0.740. The van der Waals surface area contributed by atoms with Gasteiger partial charge < -0.3 is 4.90 Å². The summed E-state index contributed by atoms with van der Waals surface area (Å²) in [5.74, 6) is 1.02. The highest BCUT2D eigenvalue weighted by Gasteiger charge is 2.29. The van der Waals surface area contributed by atoms with Gasteiger partial charge >= 0.3 is 0 Å². The number of anilines is 1. The van der Waals surface area contributed by atoms with E-state index in [2.05, 4.69) is 163 Å². The predicted octanol–water partition coefficient (Wildman–Crippen LogP) is 9.62. The minimum Gasteiger partial charge on any atom is -0.323 e. The standard InChI is InChI=1S/C39H30N2/c1-5-15-29(16-6-1)33-23-13-24-34(30-17-7-2-8-18-30)37(33)39-40-27-28-41(39)38-35(31-19-9-3-10-20-31)25-14-26-36(38)32-21-11-4-12-22-32/h1-26H,27-28H2. The highest BCUT2D eigenvalue weighted by molar-refractivity contribution is 6.20. The molecule has 0 saturated carbocycles.